The van der Waals surface area contributed by atoms with Crippen molar-refractivity contribution in [3.8, 4) is 0 Å². The van der Waals surface area contributed by atoms with Gasteiger partial charge in [0.1, 0.15) is 0 Å². The average Bonchev–Trinajstić information content (AvgIpc) is 3.15. The summed E-state index contributed by atoms with van der Waals surface area (Å²) in [6.45, 7) is 3.98. The van der Waals surface area contributed by atoms with Crippen LogP contribution < -0.4 is 5.32 Å². The quantitative estimate of drug-likeness (QED) is 0.626. The molecule has 1 N–H and O–H groups in total. The van der Waals surface area contributed by atoms with Crippen molar-refractivity contribution in [2.24, 2.45) is 0 Å². The number of rotatable bonds is 6. The van der Waals surface area contributed by atoms with E-state index in [4.69, 9.17) is 4.74 Å². The van der Waals surface area contributed by atoms with E-state index in [-0.39, 0.29) is 28.4 Å². The fourth-order valence-electron chi connectivity index (χ4n) is 4.28. The summed E-state index contributed by atoms with van der Waals surface area (Å²) < 4.78 is 60.0. The van der Waals surface area contributed by atoms with Crippen LogP contribution in [0, 0.1) is 6.92 Å². The molecule has 2 aromatic carbocycles. The number of aryl methyl sites for hydroxylation is 1. The molecule has 0 atom stereocenters. The number of carbonyl (C=O) groups is 1. The van der Waals surface area contributed by atoms with Gasteiger partial charge in [-0.15, -0.1) is 0 Å². The number of morpholine rings is 1. The fourth-order valence-corrected chi connectivity index (χ4v) is 7.23. The molecule has 35 heavy (non-hydrogen) atoms. The van der Waals surface area contributed by atoms with E-state index in [2.05, 4.69) is 5.32 Å². The number of ether oxygens (including phenoxy) is 1. The summed E-state index contributed by atoms with van der Waals surface area (Å²) in [5.74, 6) is -0.468. The molecule has 0 saturated carbocycles. The molecule has 4 rings (SSSR count). The number of anilines is 1. The van der Waals surface area contributed by atoms with Crippen LogP contribution in [0.15, 0.2) is 52.3 Å². The number of hydrogen-bond donors (Lipinski definition) is 1. The second-order valence-corrected chi connectivity index (χ2v) is 12.7. The number of hydrogen-bond acceptors (Lipinski definition) is 6. The molecule has 0 radical (unpaired) electrons. The third kappa shape index (κ3) is 5.75. The second-order valence-electron chi connectivity index (χ2n) is 8.79. The van der Waals surface area contributed by atoms with Crippen LogP contribution in [0.3, 0.4) is 0 Å². The van der Waals surface area contributed by atoms with Crippen LogP contribution in [0.2, 0.25) is 0 Å². The van der Waals surface area contributed by atoms with Crippen molar-refractivity contribution in [3.63, 3.8) is 0 Å². The number of sulfonamides is 2. The molecule has 9 nitrogen and oxygen atoms in total. The van der Waals surface area contributed by atoms with E-state index in [0.29, 0.717) is 37.6 Å². The minimum absolute atomic E-state index is 0.0500. The molecule has 2 aromatic rings. The third-order valence-corrected chi connectivity index (χ3v) is 10.2. The molecule has 2 aliphatic heterocycles. The molecular formula is C24H31N3O6S2. The number of amides is 1. The molecule has 0 unspecified atom stereocenters. The van der Waals surface area contributed by atoms with E-state index < -0.39 is 26.0 Å². The van der Waals surface area contributed by atoms with Crippen LogP contribution in [0.1, 0.15) is 41.6 Å². The van der Waals surface area contributed by atoms with Crippen molar-refractivity contribution in [2.75, 3.05) is 44.7 Å². The lowest BCUT2D eigenvalue weighted by atomic mass is 10.1. The number of benzene rings is 2. The highest BCUT2D eigenvalue weighted by molar-refractivity contribution is 7.89. The molecule has 2 heterocycles. The Labute approximate surface area is 207 Å². The molecule has 2 saturated heterocycles. The van der Waals surface area contributed by atoms with E-state index in [1.165, 1.54) is 32.9 Å². The zero-order chi connectivity index (χ0) is 25.1. The maximum absolute atomic E-state index is 13.0. The van der Waals surface area contributed by atoms with E-state index in [9.17, 15) is 21.6 Å². The summed E-state index contributed by atoms with van der Waals surface area (Å²) in [7, 11) is -7.32. The molecule has 1 amide bonds. The predicted octanol–water partition coefficient (Wildman–Crippen LogP) is 2.83. The van der Waals surface area contributed by atoms with Gasteiger partial charge in [0.05, 0.1) is 23.0 Å². The summed E-state index contributed by atoms with van der Waals surface area (Å²) in [6.07, 6.45) is 3.77. The van der Waals surface area contributed by atoms with Crippen molar-refractivity contribution in [1.82, 2.24) is 8.61 Å². The highest BCUT2D eigenvalue weighted by Gasteiger charge is 2.28. The standard InChI is InChI=1S/C24H31N3O6S2/c1-19-6-9-22(35(31,32)27-14-16-33-17-15-27)18-23(19)24(28)25-20-7-10-21(11-8-20)34(29,30)26-12-4-2-3-5-13-26/h6-11,18H,2-5,12-17H2,1H3,(H,25,28). The van der Waals surface area contributed by atoms with Gasteiger partial charge in [0.25, 0.3) is 5.91 Å². The smallest absolute Gasteiger partial charge is 0.255 e. The molecule has 0 spiro atoms. The van der Waals surface area contributed by atoms with Gasteiger partial charge in [0, 0.05) is 37.4 Å². The van der Waals surface area contributed by atoms with Crippen molar-refractivity contribution < 1.29 is 26.4 Å². The normalized spacial score (nSPS) is 18.7. The lowest BCUT2D eigenvalue weighted by molar-refractivity contribution is 0.0730. The SMILES string of the molecule is Cc1ccc(S(=O)(=O)N2CCOCC2)cc1C(=O)Nc1ccc(S(=O)(=O)N2CCCCCC2)cc1. The Morgan fingerprint density at radius 1 is 0.771 bits per heavy atom. The molecule has 2 aliphatic rings. The maximum Gasteiger partial charge on any atom is 0.255 e. The zero-order valence-corrected chi connectivity index (χ0v) is 21.4. The minimum atomic E-state index is -3.74. The van der Waals surface area contributed by atoms with Crippen LogP contribution in [0.5, 0.6) is 0 Å². The van der Waals surface area contributed by atoms with Crippen LogP contribution in [-0.2, 0) is 24.8 Å². The molecule has 0 aromatic heterocycles. The lowest BCUT2D eigenvalue weighted by Gasteiger charge is -2.26. The Morgan fingerprint density at radius 2 is 1.31 bits per heavy atom. The fraction of sp³-hybridized carbons (Fsp3) is 0.458. The second kappa shape index (κ2) is 10.8. The first-order valence-corrected chi connectivity index (χ1v) is 14.7. The van der Waals surface area contributed by atoms with Gasteiger partial charge in [-0.1, -0.05) is 18.9 Å². The van der Waals surface area contributed by atoms with Gasteiger partial charge < -0.3 is 10.1 Å². The van der Waals surface area contributed by atoms with E-state index in [1.54, 1.807) is 25.1 Å². The topological polar surface area (TPSA) is 113 Å². The first-order valence-electron chi connectivity index (χ1n) is 11.8. The third-order valence-electron chi connectivity index (χ3n) is 6.38. The van der Waals surface area contributed by atoms with Gasteiger partial charge in [-0.05, 0) is 61.7 Å². The largest absolute Gasteiger partial charge is 0.379 e. The number of carbonyl (C=O) groups excluding carboxylic acids is 1. The Kier molecular flexibility index (Phi) is 7.92. The Hall–Kier alpha value is -2.31. The van der Waals surface area contributed by atoms with Gasteiger partial charge in [0.2, 0.25) is 20.0 Å². The highest BCUT2D eigenvalue weighted by atomic mass is 32.2. The Bertz CT molecular complexity index is 1260. The van der Waals surface area contributed by atoms with Crippen molar-refractivity contribution in [1.29, 1.82) is 0 Å². The van der Waals surface area contributed by atoms with Crippen LogP contribution in [0.4, 0.5) is 5.69 Å². The van der Waals surface area contributed by atoms with E-state index >= 15 is 0 Å². The predicted molar refractivity (Wildman–Crippen MR) is 132 cm³/mol. The summed E-state index contributed by atoms with van der Waals surface area (Å²) in [5.41, 5.74) is 1.29. The Balaban J connectivity index is 1.50. The maximum atomic E-state index is 13.0. The average molecular weight is 522 g/mol. The summed E-state index contributed by atoms with van der Waals surface area (Å²) in [4.78, 5) is 13.2. The van der Waals surface area contributed by atoms with Crippen LogP contribution in [0.25, 0.3) is 0 Å². The summed E-state index contributed by atoms with van der Waals surface area (Å²) in [6, 6.07) is 10.6. The van der Waals surface area contributed by atoms with Gasteiger partial charge in [-0.25, -0.2) is 16.8 Å². The minimum Gasteiger partial charge on any atom is -0.379 e. The molecule has 2 fully saturated rings. The molecular weight excluding hydrogens is 490 g/mol. The van der Waals surface area contributed by atoms with Gasteiger partial charge in [-0.2, -0.15) is 8.61 Å². The molecule has 190 valence electrons. The number of nitrogens with one attached hydrogen (secondary N) is 1. The first kappa shape index (κ1) is 25.8. The van der Waals surface area contributed by atoms with Gasteiger partial charge in [-0.3, -0.25) is 4.79 Å². The van der Waals surface area contributed by atoms with E-state index in [1.807, 2.05) is 0 Å². The van der Waals surface area contributed by atoms with Crippen molar-refractivity contribution in [2.45, 2.75) is 42.4 Å². The summed E-state index contributed by atoms with van der Waals surface area (Å²) in [5, 5.41) is 2.75. The zero-order valence-electron chi connectivity index (χ0n) is 19.8. The van der Waals surface area contributed by atoms with E-state index in [0.717, 1.165) is 25.7 Å². The van der Waals surface area contributed by atoms with Gasteiger partial charge in [0.15, 0.2) is 0 Å². The first-order chi connectivity index (χ1) is 16.7. The lowest BCUT2D eigenvalue weighted by Crippen LogP contribution is -2.40. The van der Waals surface area contributed by atoms with Crippen molar-refractivity contribution in [3.05, 3.63) is 53.6 Å². The molecule has 0 bridgehead atoms. The highest BCUT2D eigenvalue weighted by Crippen LogP contribution is 2.24. The van der Waals surface area contributed by atoms with Crippen LogP contribution >= 0.6 is 0 Å². The number of nitrogens with zero attached hydrogens (tertiary/aromatic N) is 2. The monoisotopic (exact) mass is 521 g/mol. The molecule has 11 heteroatoms. The summed E-state index contributed by atoms with van der Waals surface area (Å²) >= 11 is 0. The van der Waals surface area contributed by atoms with Crippen LogP contribution in [-0.4, -0.2) is 70.7 Å². The molecule has 0 aliphatic carbocycles. The Morgan fingerprint density at radius 3 is 1.94 bits per heavy atom. The van der Waals surface area contributed by atoms with Crippen molar-refractivity contribution >= 4 is 31.6 Å². The van der Waals surface area contributed by atoms with Gasteiger partial charge >= 0.3 is 0 Å².